The van der Waals surface area contributed by atoms with Crippen molar-refractivity contribution in [2.75, 3.05) is 39.9 Å². The third-order valence-electron chi connectivity index (χ3n) is 6.61. The number of hydrogen-bond donors (Lipinski definition) is 1. The Morgan fingerprint density at radius 2 is 1.79 bits per heavy atom. The number of carbonyl (C=O) groups excluding carboxylic acids is 1. The van der Waals surface area contributed by atoms with Crippen LogP contribution < -0.4 is 19.8 Å². The monoisotopic (exact) mass is 465 g/mol. The van der Waals surface area contributed by atoms with Gasteiger partial charge in [-0.25, -0.2) is 0 Å². The van der Waals surface area contributed by atoms with E-state index in [4.69, 9.17) is 13.9 Å². The number of amides is 1. The van der Waals surface area contributed by atoms with Crippen molar-refractivity contribution in [3.8, 4) is 11.5 Å². The molecule has 1 amide bonds. The highest BCUT2D eigenvalue weighted by molar-refractivity contribution is 5.99. The molecule has 0 fully saturated rings. The molecule has 0 saturated heterocycles. The zero-order valence-corrected chi connectivity index (χ0v) is 20.3. The molecule has 0 radical (unpaired) electrons. The van der Waals surface area contributed by atoms with E-state index >= 15 is 0 Å². The highest BCUT2D eigenvalue weighted by Crippen LogP contribution is 2.40. The fourth-order valence-corrected chi connectivity index (χ4v) is 4.78. The van der Waals surface area contributed by atoms with Crippen molar-refractivity contribution in [1.82, 2.24) is 4.90 Å². The maximum atomic E-state index is 13.6. The molecular weight excluding hydrogens is 432 g/mol. The lowest BCUT2D eigenvalue weighted by Crippen LogP contribution is -3.11. The number of benzene rings is 2. The molecule has 0 aliphatic carbocycles. The largest absolute Gasteiger partial charge is 0.493 e. The Morgan fingerprint density at radius 3 is 2.50 bits per heavy atom. The highest BCUT2D eigenvalue weighted by atomic mass is 16.5. The molecule has 2 heterocycles. The van der Waals surface area contributed by atoms with E-state index in [0.717, 1.165) is 31.6 Å². The molecule has 1 aromatic heterocycles. The van der Waals surface area contributed by atoms with Gasteiger partial charge in [-0.3, -0.25) is 9.59 Å². The molecule has 2 aromatic carbocycles. The lowest BCUT2D eigenvalue weighted by atomic mass is 9.98. The highest BCUT2D eigenvalue weighted by Gasteiger charge is 2.42. The van der Waals surface area contributed by atoms with Crippen LogP contribution in [0.5, 0.6) is 11.5 Å². The molecule has 3 aromatic rings. The standard InChI is InChI=1S/C27H32N2O5/c1-5-28(6-2)15-10-16-29-24(18-13-14-21(33-7-3)22(17-18)32-4)23-25(30)19-11-8-9-12-20(19)34-26(23)27(29)31/h8-9,11-14,17,24H,5-7,10,15-16H2,1-4H3/p+1/t24-/m1/s1. The zero-order valence-electron chi connectivity index (χ0n) is 20.3. The summed E-state index contributed by atoms with van der Waals surface area (Å²) in [5, 5.41) is 0.478. The number of nitrogens with zero attached hydrogens (tertiary/aromatic N) is 1. The van der Waals surface area contributed by atoms with Crippen LogP contribution in [0, 0.1) is 0 Å². The van der Waals surface area contributed by atoms with Crippen molar-refractivity contribution in [1.29, 1.82) is 0 Å². The van der Waals surface area contributed by atoms with Crippen LogP contribution in [-0.2, 0) is 0 Å². The van der Waals surface area contributed by atoms with Gasteiger partial charge in [-0.1, -0.05) is 18.2 Å². The lowest BCUT2D eigenvalue weighted by Gasteiger charge is -2.26. The van der Waals surface area contributed by atoms with Gasteiger partial charge in [0.2, 0.25) is 5.76 Å². The van der Waals surface area contributed by atoms with Crippen LogP contribution in [0.3, 0.4) is 0 Å². The summed E-state index contributed by atoms with van der Waals surface area (Å²) in [6.45, 7) is 10.3. The maximum absolute atomic E-state index is 13.6. The molecule has 7 nitrogen and oxygen atoms in total. The number of quaternary nitrogens is 1. The first-order chi connectivity index (χ1) is 16.5. The Kier molecular flexibility index (Phi) is 7.22. The van der Waals surface area contributed by atoms with Crippen molar-refractivity contribution >= 4 is 16.9 Å². The molecule has 34 heavy (non-hydrogen) atoms. The van der Waals surface area contributed by atoms with E-state index in [9.17, 15) is 9.59 Å². The number of fused-ring (bicyclic) bond motifs is 2. The molecule has 0 saturated carbocycles. The van der Waals surface area contributed by atoms with Gasteiger partial charge < -0.3 is 23.7 Å². The smallest absolute Gasteiger partial charge is 0.290 e. The van der Waals surface area contributed by atoms with Crippen LogP contribution in [0.1, 0.15) is 54.9 Å². The first kappa shape index (κ1) is 23.8. The molecule has 1 atom stereocenters. The van der Waals surface area contributed by atoms with Gasteiger partial charge in [0.25, 0.3) is 5.91 Å². The van der Waals surface area contributed by atoms with Crippen molar-refractivity contribution in [3.63, 3.8) is 0 Å². The predicted octanol–water partition coefficient (Wildman–Crippen LogP) is 3.06. The summed E-state index contributed by atoms with van der Waals surface area (Å²) in [6, 6.07) is 12.1. The molecule has 0 bridgehead atoms. The van der Waals surface area contributed by atoms with Crippen LogP contribution in [0.2, 0.25) is 0 Å². The van der Waals surface area contributed by atoms with Gasteiger partial charge in [-0.05, 0) is 50.6 Å². The van der Waals surface area contributed by atoms with E-state index in [0.29, 0.717) is 41.2 Å². The van der Waals surface area contributed by atoms with E-state index in [-0.39, 0.29) is 17.1 Å². The second-order valence-electron chi connectivity index (χ2n) is 8.48. The van der Waals surface area contributed by atoms with E-state index in [1.165, 1.54) is 4.90 Å². The number of para-hydroxylation sites is 1. The van der Waals surface area contributed by atoms with Crippen molar-refractivity contribution in [3.05, 3.63) is 69.6 Å². The van der Waals surface area contributed by atoms with E-state index in [2.05, 4.69) is 13.8 Å². The molecule has 180 valence electrons. The normalized spacial score (nSPS) is 15.3. The van der Waals surface area contributed by atoms with Crippen LogP contribution in [0.4, 0.5) is 0 Å². The van der Waals surface area contributed by atoms with Crippen molar-refractivity contribution < 1.29 is 23.6 Å². The SMILES string of the molecule is CCOc1ccc([C@@H]2c3c(oc4ccccc4c3=O)C(=O)N2CCC[NH+](CC)CC)cc1OC. The Morgan fingerprint density at radius 1 is 1.03 bits per heavy atom. The number of nitrogens with one attached hydrogen (secondary N) is 1. The number of ether oxygens (including phenoxy) is 2. The fraction of sp³-hybridized carbons (Fsp3) is 0.407. The van der Waals surface area contributed by atoms with Gasteiger partial charge in [0.15, 0.2) is 16.9 Å². The van der Waals surface area contributed by atoms with Gasteiger partial charge in [-0.2, -0.15) is 0 Å². The topological polar surface area (TPSA) is 73.4 Å². The number of methoxy groups -OCH3 is 1. The molecule has 1 aliphatic heterocycles. The molecule has 1 aliphatic rings. The van der Waals surface area contributed by atoms with Crippen molar-refractivity contribution in [2.24, 2.45) is 0 Å². The van der Waals surface area contributed by atoms with Gasteiger partial charge in [0.05, 0.1) is 50.3 Å². The van der Waals surface area contributed by atoms with Gasteiger partial charge >= 0.3 is 0 Å². The fourth-order valence-electron chi connectivity index (χ4n) is 4.78. The second kappa shape index (κ2) is 10.3. The van der Waals surface area contributed by atoms with Gasteiger partial charge in [0, 0.05) is 13.0 Å². The third kappa shape index (κ3) is 4.28. The zero-order chi connectivity index (χ0) is 24.2. The minimum Gasteiger partial charge on any atom is -0.493 e. The Balaban J connectivity index is 1.81. The van der Waals surface area contributed by atoms with E-state index in [1.807, 2.05) is 31.2 Å². The lowest BCUT2D eigenvalue weighted by molar-refractivity contribution is -0.896. The first-order valence-corrected chi connectivity index (χ1v) is 12.0. The Hall–Kier alpha value is -3.32. The molecule has 0 unspecified atom stereocenters. The summed E-state index contributed by atoms with van der Waals surface area (Å²) in [5.74, 6) is 1.08. The summed E-state index contributed by atoms with van der Waals surface area (Å²) in [5.41, 5.74) is 1.45. The third-order valence-corrected chi connectivity index (χ3v) is 6.61. The van der Waals surface area contributed by atoms with E-state index in [1.54, 1.807) is 30.2 Å². The van der Waals surface area contributed by atoms with Crippen LogP contribution in [-0.4, -0.2) is 50.7 Å². The summed E-state index contributed by atoms with van der Waals surface area (Å²) in [6.07, 6.45) is 0.828. The molecular formula is C27H33N2O5+. The first-order valence-electron chi connectivity index (χ1n) is 12.0. The maximum Gasteiger partial charge on any atom is 0.290 e. The number of rotatable bonds is 10. The summed E-state index contributed by atoms with van der Waals surface area (Å²) in [7, 11) is 1.59. The van der Waals surface area contributed by atoms with Gasteiger partial charge in [0.1, 0.15) is 5.58 Å². The minimum atomic E-state index is -0.542. The molecule has 7 heteroatoms. The Bertz CT molecular complexity index is 1230. The minimum absolute atomic E-state index is 0.136. The summed E-state index contributed by atoms with van der Waals surface area (Å²) in [4.78, 5) is 30.4. The number of carbonyl (C=O) groups is 1. The number of hydrogen-bond acceptors (Lipinski definition) is 5. The average molecular weight is 466 g/mol. The van der Waals surface area contributed by atoms with E-state index < -0.39 is 6.04 Å². The van der Waals surface area contributed by atoms with Crippen LogP contribution in [0.15, 0.2) is 51.7 Å². The molecule has 0 spiro atoms. The summed E-state index contributed by atoms with van der Waals surface area (Å²) >= 11 is 0. The molecule has 1 N–H and O–H groups in total. The van der Waals surface area contributed by atoms with Crippen molar-refractivity contribution in [2.45, 2.75) is 33.2 Å². The average Bonchev–Trinajstić information content (AvgIpc) is 3.14. The predicted molar refractivity (Wildman–Crippen MR) is 131 cm³/mol. The summed E-state index contributed by atoms with van der Waals surface area (Å²) < 4.78 is 17.2. The van der Waals surface area contributed by atoms with Crippen LogP contribution in [0.25, 0.3) is 11.0 Å². The second-order valence-corrected chi connectivity index (χ2v) is 8.48. The van der Waals surface area contributed by atoms with Gasteiger partial charge in [-0.15, -0.1) is 0 Å². The van der Waals surface area contributed by atoms with Crippen LogP contribution >= 0.6 is 0 Å². The molecule has 4 rings (SSSR count). The quantitative estimate of drug-likeness (QED) is 0.498. The Labute approximate surface area is 199 Å².